The summed E-state index contributed by atoms with van der Waals surface area (Å²) in [5.41, 5.74) is 2.43. The Bertz CT molecular complexity index is 1170. The number of benzene rings is 2. The van der Waals surface area contributed by atoms with Crippen LogP contribution in [0.15, 0.2) is 53.8 Å². The molecule has 0 saturated carbocycles. The third-order valence-electron chi connectivity index (χ3n) is 5.94. The van der Waals surface area contributed by atoms with Gasteiger partial charge in [-0.25, -0.2) is 0 Å². The second-order valence-corrected chi connectivity index (χ2v) is 7.60. The van der Waals surface area contributed by atoms with Gasteiger partial charge in [0.05, 0.1) is 23.3 Å². The van der Waals surface area contributed by atoms with Crippen LogP contribution in [0.5, 0.6) is 5.75 Å². The molecule has 132 valence electrons. The molecule has 0 radical (unpaired) electrons. The molecule has 1 spiro atoms. The summed E-state index contributed by atoms with van der Waals surface area (Å²) in [4.78, 5) is 11.1. The van der Waals surface area contributed by atoms with Crippen molar-refractivity contribution < 1.29 is 4.74 Å². The van der Waals surface area contributed by atoms with Gasteiger partial charge in [0.25, 0.3) is 0 Å². The molecule has 0 saturated heterocycles. The van der Waals surface area contributed by atoms with Crippen molar-refractivity contribution >= 4 is 28.4 Å². The summed E-state index contributed by atoms with van der Waals surface area (Å²) in [6.07, 6.45) is 5.50. The van der Waals surface area contributed by atoms with E-state index in [0.29, 0.717) is 5.56 Å². The maximum Gasteiger partial charge on any atom is 0.228 e. The lowest BCUT2D eigenvalue weighted by molar-refractivity contribution is 0.0842. The van der Waals surface area contributed by atoms with E-state index in [4.69, 9.17) is 9.73 Å². The van der Waals surface area contributed by atoms with Gasteiger partial charge < -0.3 is 9.64 Å². The first-order chi connectivity index (χ1) is 13.0. The van der Waals surface area contributed by atoms with Crippen LogP contribution in [0.3, 0.4) is 0 Å². The molecule has 2 aromatic carbocycles. The molecule has 2 aliphatic rings. The fraction of sp³-hybridized carbons (Fsp3) is 0.227. The molecule has 1 aromatic heterocycles. The van der Waals surface area contributed by atoms with Gasteiger partial charge in [-0.15, -0.1) is 0 Å². The van der Waals surface area contributed by atoms with Gasteiger partial charge in [-0.2, -0.15) is 5.26 Å². The molecular formula is C22H18N4O. The van der Waals surface area contributed by atoms with Crippen LogP contribution >= 0.6 is 0 Å². The number of likely N-dealkylation sites (N-methyl/N-ethyl adjacent to an activating group) is 1. The van der Waals surface area contributed by atoms with Crippen molar-refractivity contribution in [3.8, 4) is 11.8 Å². The number of rotatable bonds is 0. The first-order valence-corrected chi connectivity index (χ1v) is 8.87. The van der Waals surface area contributed by atoms with Gasteiger partial charge in [0.15, 0.2) is 5.75 Å². The van der Waals surface area contributed by atoms with Gasteiger partial charge >= 0.3 is 0 Å². The Hall–Kier alpha value is -3.39. The summed E-state index contributed by atoms with van der Waals surface area (Å²) in [5.74, 6) is 0.747. The lowest BCUT2D eigenvalue weighted by atomic mass is 9.77. The van der Waals surface area contributed by atoms with Gasteiger partial charge in [-0.3, -0.25) is 9.98 Å². The highest BCUT2D eigenvalue weighted by atomic mass is 16.5. The average Bonchev–Trinajstić information content (AvgIpc) is 2.86. The van der Waals surface area contributed by atoms with Gasteiger partial charge in [0.2, 0.25) is 5.72 Å². The lowest BCUT2D eigenvalue weighted by Crippen LogP contribution is -2.61. The Kier molecular flexibility index (Phi) is 2.98. The Morgan fingerprint density at radius 2 is 2.00 bits per heavy atom. The highest BCUT2D eigenvalue weighted by Gasteiger charge is 2.58. The van der Waals surface area contributed by atoms with E-state index in [1.165, 1.54) is 0 Å². The van der Waals surface area contributed by atoms with E-state index in [0.717, 1.165) is 33.5 Å². The quantitative estimate of drug-likeness (QED) is 0.603. The van der Waals surface area contributed by atoms with Gasteiger partial charge in [-0.05, 0) is 49.1 Å². The minimum absolute atomic E-state index is 0.364. The van der Waals surface area contributed by atoms with Crippen LogP contribution in [-0.2, 0) is 5.41 Å². The number of ether oxygens (including phenoxy) is 1. The Labute approximate surface area is 157 Å². The largest absolute Gasteiger partial charge is 0.459 e. The number of fused-ring (bicyclic) bond motifs is 4. The van der Waals surface area contributed by atoms with Crippen LogP contribution in [0, 0.1) is 11.3 Å². The van der Waals surface area contributed by atoms with Crippen LogP contribution in [0.4, 0.5) is 11.4 Å². The van der Waals surface area contributed by atoms with E-state index in [9.17, 15) is 5.26 Å². The van der Waals surface area contributed by atoms with Crippen molar-refractivity contribution in [2.75, 3.05) is 11.9 Å². The predicted octanol–water partition coefficient (Wildman–Crippen LogP) is 4.33. The number of hydrogen-bond acceptors (Lipinski definition) is 5. The number of aliphatic imine (C=N–C) groups is 1. The maximum atomic E-state index is 9.30. The van der Waals surface area contributed by atoms with E-state index in [2.05, 4.69) is 29.8 Å². The summed E-state index contributed by atoms with van der Waals surface area (Å²) in [6, 6.07) is 14.0. The van der Waals surface area contributed by atoms with Crippen molar-refractivity contribution in [2.24, 2.45) is 4.99 Å². The Morgan fingerprint density at radius 3 is 2.81 bits per heavy atom. The second kappa shape index (κ2) is 5.08. The summed E-state index contributed by atoms with van der Waals surface area (Å²) in [6.45, 7) is 4.31. The Balaban J connectivity index is 1.73. The van der Waals surface area contributed by atoms with E-state index in [-0.39, 0.29) is 5.41 Å². The van der Waals surface area contributed by atoms with E-state index in [1.807, 2.05) is 55.9 Å². The van der Waals surface area contributed by atoms with Crippen molar-refractivity contribution in [3.05, 3.63) is 59.9 Å². The topological polar surface area (TPSA) is 61.5 Å². The van der Waals surface area contributed by atoms with Crippen LogP contribution in [0.2, 0.25) is 0 Å². The predicted molar refractivity (Wildman–Crippen MR) is 106 cm³/mol. The lowest BCUT2D eigenvalue weighted by Gasteiger charge is -2.45. The summed E-state index contributed by atoms with van der Waals surface area (Å²) < 4.78 is 6.73. The molecule has 5 rings (SSSR count). The SMILES string of the molecule is CN1c2cc(C#N)ccc2C(C)(C)C12C=Nc1ccc3ccncc3c1O2. The molecular weight excluding hydrogens is 336 g/mol. The minimum Gasteiger partial charge on any atom is -0.459 e. The third-order valence-corrected chi connectivity index (χ3v) is 5.94. The number of aromatic nitrogens is 1. The van der Waals surface area contributed by atoms with Crippen molar-refractivity contribution in [2.45, 2.75) is 25.0 Å². The molecule has 1 atom stereocenters. The molecule has 2 aliphatic heterocycles. The first-order valence-electron chi connectivity index (χ1n) is 8.87. The zero-order valence-electron chi connectivity index (χ0n) is 15.4. The van der Waals surface area contributed by atoms with Gasteiger partial charge in [-0.1, -0.05) is 12.1 Å². The van der Waals surface area contributed by atoms with E-state index < -0.39 is 5.72 Å². The van der Waals surface area contributed by atoms with Crippen molar-refractivity contribution in [3.63, 3.8) is 0 Å². The van der Waals surface area contributed by atoms with Crippen LogP contribution < -0.4 is 9.64 Å². The zero-order chi connectivity index (χ0) is 18.8. The third kappa shape index (κ3) is 1.87. The Morgan fingerprint density at radius 1 is 1.15 bits per heavy atom. The summed E-state index contributed by atoms with van der Waals surface area (Å²) in [7, 11) is 2.00. The van der Waals surface area contributed by atoms with Crippen LogP contribution in [0.25, 0.3) is 10.8 Å². The summed E-state index contributed by atoms with van der Waals surface area (Å²) >= 11 is 0. The fourth-order valence-electron chi connectivity index (χ4n) is 4.31. The molecule has 3 aromatic rings. The van der Waals surface area contributed by atoms with Crippen LogP contribution in [0.1, 0.15) is 25.0 Å². The van der Waals surface area contributed by atoms with E-state index in [1.54, 1.807) is 6.20 Å². The molecule has 27 heavy (non-hydrogen) atoms. The van der Waals surface area contributed by atoms with Gasteiger partial charge in [0, 0.05) is 30.5 Å². The maximum absolute atomic E-state index is 9.30. The zero-order valence-corrected chi connectivity index (χ0v) is 15.4. The molecule has 0 amide bonds. The van der Waals surface area contributed by atoms with Gasteiger partial charge in [0.1, 0.15) is 5.69 Å². The summed E-state index contributed by atoms with van der Waals surface area (Å²) in [5, 5.41) is 11.3. The molecule has 0 bridgehead atoms. The van der Waals surface area contributed by atoms with E-state index >= 15 is 0 Å². The standard InChI is InChI=1S/C22H18N4O/c1-21(2)17-6-4-14(11-23)10-19(17)26(3)22(21)13-25-18-7-5-15-8-9-24-12-16(15)20(18)27-22/h4-10,12-13H,1-3H3. The number of pyridine rings is 1. The highest BCUT2D eigenvalue weighted by Crippen LogP contribution is 2.54. The fourth-order valence-corrected chi connectivity index (χ4v) is 4.31. The number of nitrogens with zero attached hydrogens (tertiary/aromatic N) is 4. The van der Waals surface area contributed by atoms with Crippen molar-refractivity contribution in [1.29, 1.82) is 5.26 Å². The smallest absolute Gasteiger partial charge is 0.228 e. The second-order valence-electron chi connectivity index (χ2n) is 7.60. The number of nitriles is 1. The molecule has 1 unspecified atom stereocenters. The average molecular weight is 354 g/mol. The highest BCUT2D eigenvalue weighted by molar-refractivity contribution is 5.96. The monoisotopic (exact) mass is 354 g/mol. The first kappa shape index (κ1) is 15.8. The minimum atomic E-state index is -0.777. The van der Waals surface area contributed by atoms with Crippen LogP contribution in [-0.4, -0.2) is 24.0 Å². The number of anilines is 1. The van der Waals surface area contributed by atoms with Crippen molar-refractivity contribution in [1.82, 2.24) is 4.98 Å². The molecule has 5 nitrogen and oxygen atoms in total. The molecule has 3 heterocycles. The molecule has 0 fully saturated rings. The molecule has 0 N–H and O–H groups in total. The molecule has 0 aliphatic carbocycles. The normalized spacial score (nSPS) is 21.6. The molecule has 5 heteroatoms. The number of hydrogen-bond donors (Lipinski definition) is 0.